The van der Waals surface area contributed by atoms with Crippen molar-refractivity contribution in [3.8, 4) is 0 Å². The summed E-state index contributed by atoms with van der Waals surface area (Å²) in [7, 11) is 0. The van der Waals surface area contributed by atoms with Crippen molar-refractivity contribution in [2.45, 2.75) is 26.2 Å². The van der Waals surface area contributed by atoms with Crippen LogP contribution < -0.4 is 10.2 Å². The van der Waals surface area contributed by atoms with Crippen molar-refractivity contribution in [3.05, 3.63) is 23.8 Å². The summed E-state index contributed by atoms with van der Waals surface area (Å²) >= 11 is 0. The van der Waals surface area contributed by atoms with Crippen LogP contribution in [-0.2, 0) is 19.1 Å². The Morgan fingerprint density at radius 2 is 1.84 bits per heavy atom. The van der Waals surface area contributed by atoms with Crippen LogP contribution in [0.25, 0.3) is 0 Å². The molecule has 1 aromatic rings. The molecule has 0 spiro atoms. The van der Waals surface area contributed by atoms with Crippen molar-refractivity contribution in [2.75, 3.05) is 43.1 Å². The van der Waals surface area contributed by atoms with Crippen LogP contribution in [0.3, 0.4) is 0 Å². The Kier molecular flexibility index (Phi) is 5.33. The van der Waals surface area contributed by atoms with Crippen LogP contribution in [0.2, 0.25) is 0 Å². The Bertz CT molecular complexity index is 667. The van der Waals surface area contributed by atoms with E-state index in [4.69, 9.17) is 4.74 Å². The van der Waals surface area contributed by atoms with Crippen LogP contribution in [0, 0.1) is 6.92 Å². The van der Waals surface area contributed by atoms with Crippen molar-refractivity contribution in [3.63, 3.8) is 0 Å². The number of aryl methyl sites for hydroxylation is 1. The molecule has 0 radical (unpaired) electrons. The van der Waals surface area contributed by atoms with Crippen LogP contribution in [0.15, 0.2) is 18.2 Å². The van der Waals surface area contributed by atoms with Gasteiger partial charge in [0.25, 0.3) is 0 Å². The van der Waals surface area contributed by atoms with Gasteiger partial charge in [0.2, 0.25) is 17.7 Å². The molecule has 7 nitrogen and oxygen atoms in total. The number of benzene rings is 1. The maximum Gasteiger partial charge on any atom is 0.229 e. The Labute approximate surface area is 146 Å². The molecule has 2 saturated heterocycles. The number of carbonyl (C=O) groups is 3. The molecule has 0 atom stereocenters. The first-order valence-electron chi connectivity index (χ1n) is 8.61. The van der Waals surface area contributed by atoms with Gasteiger partial charge in [-0.2, -0.15) is 0 Å². The van der Waals surface area contributed by atoms with Gasteiger partial charge in [0, 0.05) is 50.3 Å². The molecule has 2 heterocycles. The number of nitrogens with one attached hydrogen (secondary N) is 1. The SMILES string of the molecule is Cc1cc(N2CCOCC2)ccc1NC(=O)CCN1C(=O)CCC1=O. The third-order valence-electron chi connectivity index (χ3n) is 4.58. The predicted molar refractivity (Wildman–Crippen MR) is 93.4 cm³/mol. The summed E-state index contributed by atoms with van der Waals surface area (Å²) in [5.41, 5.74) is 2.85. The lowest BCUT2D eigenvalue weighted by atomic mass is 10.1. The van der Waals surface area contributed by atoms with Gasteiger partial charge < -0.3 is 15.0 Å². The van der Waals surface area contributed by atoms with Gasteiger partial charge in [0.05, 0.1) is 13.2 Å². The van der Waals surface area contributed by atoms with Crippen LogP contribution in [-0.4, -0.2) is 55.5 Å². The average molecular weight is 345 g/mol. The molecule has 1 N–H and O–H groups in total. The highest BCUT2D eigenvalue weighted by Crippen LogP contribution is 2.23. The molecule has 0 aromatic heterocycles. The summed E-state index contributed by atoms with van der Waals surface area (Å²) in [4.78, 5) is 38.7. The van der Waals surface area contributed by atoms with Crippen molar-refractivity contribution in [1.29, 1.82) is 0 Å². The summed E-state index contributed by atoms with van der Waals surface area (Å²) in [5.74, 6) is -0.581. The number of carbonyl (C=O) groups excluding carboxylic acids is 3. The molecule has 0 bridgehead atoms. The van der Waals surface area contributed by atoms with Crippen molar-refractivity contribution < 1.29 is 19.1 Å². The second-order valence-electron chi connectivity index (χ2n) is 6.34. The van der Waals surface area contributed by atoms with Crippen molar-refractivity contribution in [1.82, 2.24) is 4.90 Å². The topological polar surface area (TPSA) is 79.0 Å². The van der Waals surface area contributed by atoms with Crippen LogP contribution in [0.4, 0.5) is 11.4 Å². The smallest absolute Gasteiger partial charge is 0.229 e. The van der Waals surface area contributed by atoms with Crippen LogP contribution in [0.1, 0.15) is 24.8 Å². The first kappa shape index (κ1) is 17.4. The number of anilines is 2. The monoisotopic (exact) mass is 345 g/mol. The molecule has 3 amide bonds. The van der Waals surface area contributed by atoms with E-state index in [2.05, 4.69) is 16.3 Å². The number of rotatable bonds is 5. The fourth-order valence-corrected chi connectivity index (χ4v) is 3.10. The molecule has 0 unspecified atom stereocenters. The van der Waals surface area contributed by atoms with E-state index < -0.39 is 0 Å². The Morgan fingerprint density at radius 3 is 2.48 bits per heavy atom. The lowest BCUT2D eigenvalue weighted by molar-refractivity contribution is -0.138. The summed E-state index contributed by atoms with van der Waals surface area (Å²) in [5, 5.41) is 2.86. The van der Waals surface area contributed by atoms with Crippen molar-refractivity contribution in [2.24, 2.45) is 0 Å². The van der Waals surface area contributed by atoms with Gasteiger partial charge in [-0.05, 0) is 30.7 Å². The highest BCUT2D eigenvalue weighted by molar-refractivity contribution is 6.02. The minimum Gasteiger partial charge on any atom is -0.378 e. The van der Waals surface area contributed by atoms with Crippen LogP contribution >= 0.6 is 0 Å². The fourth-order valence-electron chi connectivity index (χ4n) is 3.10. The molecule has 7 heteroatoms. The largest absolute Gasteiger partial charge is 0.378 e. The zero-order valence-electron chi connectivity index (χ0n) is 14.4. The fraction of sp³-hybridized carbons (Fsp3) is 0.500. The predicted octanol–water partition coefficient (Wildman–Crippen LogP) is 1.31. The number of nitrogens with zero attached hydrogens (tertiary/aromatic N) is 2. The molecule has 134 valence electrons. The van der Waals surface area contributed by atoms with Gasteiger partial charge in [-0.1, -0.05) is 0 Å². The van der Waals surface area contributed by atoms with E-state index in [1.807, 2.05) is 19.1 Å². The highest BCUT2D eigenvalue weighted by Gasteiger charge is 2.28. The molecule has 25 heavy (non-hydrogen) atoms. The Balaban J connectivity index is 1.55. The number of morpholine rings is 1. The molecule has 0 saturated carbocycles. The van der Waals surface area contributed by atoms with E-state index in [1.54, 1.807) is 0 Å². The second-order valence-corrected chi connectivity index (χ2v) is 6.34. The standard InChI is InChI=1S/C18H23N3O4/c1-13-12-14(20-8-10-25-11-9-20)2-3-15(13)19-16(22)6-7-21-17(23)4-5-18(21)24/h2-3,12H,4-11H2,1H3,(H,19,22). The van der Waals surface area contributed by atoms with E-state index in [0.717, 1.165) is 43.2 Å². The van der Waals surface area contributed by atoms with Gasteiger partial charge in [0.1, 0.15) is 0 Å². The Morgan fingerprint density at radius 1 is 1.16 bits per heavy atom. The minimum absolute atomic E-state index is 0.113. The average Bonchev–Trinajstić information content (AvgIpc) is 2.94. The maximum atomic E-state index is 12.1. The van der Waals surface area contributed by atoms with Gasteiger partial charge in [0.15, 0.2) is 0 Å². The van der Waals surface area contributed by atoms with Gasteiger partial charge >= 0.3 is 0 Å². The lowest BCUT2D eigenvalue weighted by Gasteiger charge is -2.29. The van der Waals surface area contributed by atoms with E-state index in [9.17, 15) is 14.4 Å². The molecular formula is C18H23N3O4. The number of ether oxygens (including phenoxy) is 1. The molecule has 2 fully saturated rings. The van der Waals surface area contributed by atoms with Gasteiger partial charge in [-0.3, -0.25) is 19.3 Å². The molecular weight excluding hydrogens is 322 g/mol. The van der Waals surface area contributed by atoms with Gasteiger partial charge in [-0.25, -0.2) is 0 Å². The Hall–Kier alpha value is -2.41. The number of hydrogen-bond donors (Lipinski definition) is 1. The van der Waals surface area contributed by atoms with Crippen molar-refractivity contribution >= 4 is 29.1 Å². The number of imide groups is 1. The third-order valence-corrected chi connectivity index (χ3v) is 4.58. The molecule has 1 aromatic carbocycles. The number of likely N-dealkylation sites (tertiary alicyclic amines) is 1. The first-order valence-corrected chi connectivity index (χ1v) is 8.61. The number of hydrogen-bond acceptors (Lipinski definition) is 5. The molecule has 0 aliphatic carbocycles. The van der Waals surface area contributed by atoms with Gasteiger partial charge in [-0.15, -0.1) is 0 Å². The third kappa shape index (κ3) is 4.17. The molecule has 2 aliphatic heterocycles. The van der Waals surface area contributed by atoms with E-state index in [-0.39, 0.29) is 43.5 Å². The minimum atomic E-state index is -0.199. The molecule has 3 rings (SSSR count). The van der Waals surface area contributed by atoms with Crippen LogP contribution in [0.5, 0.6) is 0 Å². The summed E-state index contributed by atoms with van der Waals surface area (Å²) in [6.45, 7) is 5.28. The second kappa shape index (κ2) is 7.65. The van der Waals surface area contributed by atoms with E-state index in [0.29, 0.717) is 0 Å². The number of amides is 3. The first-order chi connectivity index (χ1) is 12.0. The summed E-state index contributed by atoms with van der Waals surface area (Å²) < 4.78 is 5.36. The zero-order chi connectivity index (χ0) is 17.8. The quantitative estimate of drug-likeness (QED) is 0.814. The normalized spacial score (nSPS) is 18.0. The highest BCUT2D eigenvalue weighted by atomic mass is 16.5. The summed E-state index contributed by atoms with van der Waals surface area (Å²) in [6.07, 6.45) is 0.618. The van der Waals surface area contributed by atoms with E-state index in [1.165, 1.54) is 4.90 Å². The van der Waals surface area contributed by atoms with E-state index >= 15 is 0 Å². The zero-order valence-corrected chi connectivity index (χ0v) is 14.4. The summed E-state index contributed by atoms with van der Waals surface area (Å²) in [6, 6.07) is 5.93. The molecule has 2 aliphatic rings. The maximum absolute atomic E-state index is 12.1. The lowest BCUT2D eigenvalue weighted by Crippen LogP contribution is -2.36.